The highest BCUT2D eigenvalue weighted by Gasteiger charge is 2.17. The molecule has 0 amide bonds. The van der Waals surface area contributed by atoms with Gasteiger partial charge in [-0.1, -0.05) is 48.0 Å². The molecule has 28 heavy (non-hydrogen) atoms. The average molecular weight is 369 g/mol. The van der Waals surface area contributed by atoms with Gasteiger partial charge in [0.2, 0.25) is 0 Å². The van der Waals surface area contributed by atoms with Crippen molar-refractivity contribution in [2.75, 3.05) is 19.1 Å². The molecule has 0 fully saturated rings. The molecule has 0 aromatic heterocycles. The smallest absolute Gasteiger partial charge is 0.146 e. The Morgan fingerprint density at radius 3 is 2.07 bits per heavy atom. The van der Waals surface area contributed by atoms with Crippen molar-refractivity contribution in [1.82, 2.24) is 0 Å². The summed E-state index contributed by atoms with van der Waals surface area (Å²) in [6, 6.07) is 29.3. The van der Waals surface area contributed by atoms with Gasteiger partial charge in [0.1, 0.15) is 11.5 Å². The molecule has 0 heterocycles. The Morgan fingerprint density at radius 1 is 0.643 bits per heavy atom. The minimum Gasteiger partial charge on any atom is -0.497 e. The number of ether oxygens (including phenoxy) is 2. The van der Waals surface area contributed by atoms with Crippen LogP contribution in [0, 0.1) is 6.92 Å². The van der Waals surface area contributed by atoms with Crippen molar-refractivity contribution in [2.45, 2.75) is 6.92 Å². The highest BCUT2D eigenvalue weighted by Crippen LogP contribution is 2.42. The van der Waals surface area contributed by atoms with Crippen LogP contribution in [0.4, 0.5) is 17.1 Å². The lowest BCUT2D eigenvalue weighted by Crippen LogP contribution is -2.11. The lowest BCUT2D eigenvalue weighted by atomic mass is 10.1. The predicted molar refractivity (Wildman–Crippen MR) is 116 cm³/mol. The largest absolute Gasteiger partial charge is 0.497 e. The van der Waals surface area contributed by atoms with Crippen molar-refractivity contribution in [3.63, 3.8) is 0 Å². The summed E-state index contributed by atoms with van der Waals surface area (Å²) in [5, 5.41) is 2.42. The quantitative estimate of drug-likeness (QED) is 0.394. The van der Waals surface area contributed by atoms with Crippen LogP contribution in [0.1, 0.15) is 5.56 Å². The van der Waals surface area contributed by atoms with Crippen LogP contribution in [0.15, 0.2) is 84.9 Å². The van der Waals surface area contributed by atoms with E-state index >= 15 is 0 Å². The van der Waals surface area contributed by atoms with Crippen LogP contribution in [0.3, 0.4) is 0 Å². The standard InChI is InChI=1S/C25H23NO2/c1-18-8-11-21(12-9-18)26(24-15-14-23(27-2)17-25(24)28-3)22-13-10-19-6-4-5-7-20(19)16-22/h4-17H,1-3H3. The SMILES string of the molecule is COc1ccc(N(c2ccc(C)cc2)c2ccc3ccccc3c2)c(OC)c1. The average Bonchev–Trinajstić information content (AvgIpc) is 2.75. The molecule has 0 unspecified atom stereocenters. The number of rotatable bonds is 5. The van der Waals surface area contributed by atoms with Crippen LogP contribution in [0.25, 0.3) is 10.8 Å². The third-order valence-electron chi connectivity index (χ3n) is 4.91. The van der Waals surface area contributed by atoms with Crippen molar-refractivity contribution < 1.29 is 9.47 Å². The molecule has 0 aliphatic heterocycles. The number of anilines is 3. The lowest BCUT2D eigenvalue weighted by molar-refractivity contribution is 0.395. The number of methoxy groups -OCH3 is 2. The first kappa shape index (κ1) is 17.9. The summed E-state index contributed by atoms with van der Waals surface area (Å²) < 4.78 is 11.1. The van der Waals surface area contributed by atoms with Gasteiger partial charge in [-0.15, -0.1) is 0 Å². The molecule has 0 aliphatic rings. The van der Waals surface area contributed by atoms with Crippen molar-refractivity contribution in [3.8, 4) is 11.5 Å². The van der Waals surface area contributed by atoms with E-state index in [1.54, 1.807) is 14.2 Å². The van der Waals surface area contributed by atoms with E-state index in [2.05, 4.69) is 78.6 Å². The second-order valence-corrected chi connectivity index (χ2v) is 6.74. The number of aryl methyl sites for hydroxylation is 1. The Kier molecular flexibility index (Phi) is 4.90. The maximum absolute atomic E-state index is 5.70. The van der Waals surface area contributed by atoms with Gasteiger partial charge in [0.05, 0.1) is 19.9 Å². The summed E-state index contributed by atoms with van der Waals surface area (Å²) >= 11 is 0. The topological polar surface area (TPSA) is 21.7 Å². The summed E-state index contributed by atoms with van der Waals surface area (Å²) in [6.07, 6.45) is 0. The monoisotopic (exact) mass is 369 g/mol. The Balaban J connectivity index is 1.92. The molecule has 3 heteroatoms. The summed E-state index contributed by atoms with van der Waals surface area (Å²) in [6.45, 7) is 2.10. The number of nitrogens with zero attached hydrogens (tertiary/aromatic N) is 1. The fraction of sp³-hybridized carbons (Fsp3) is 0.120. The Labute approximate surface area is 165 Å². The summed E-state index contributed by atoms with van der Waals surface area (Å²) in [5.41, 5.74) is 4.33. The highest BCUT2D eigenvalue weighted by atomic mass is 16.5. The molecule has 4 rings (SSSR count). The number of hydrogen-bond acceptors (Lipinski definition) is 3. The molecule has 0 aliphatic carbocycles. The van der Waals surface area contributed by atoms with E-state index in [0.717, 1.165) is 28.6 Å². The van der Waals surface area contributed by atoms with E-state index in [1.165, 1.54) is 16.3 Å². The minimum absolute atomic E-state index is 0.757. The van der Waals surface area contributed by atoms with Crippen LogP contribution in [-0.2, 0) is 0 Å². The maximum Gasteiger partial charge on any atom is 0.146 e. The molecule has 0 saturated carbocycles. The molecule has 4 aromatic rings. The third kappa shape index (κ3) is 3.39. The lowest BCUT2D eigenvalue weighted by Gasteiger charge is -2.27. The van der Waals surface area contributed by atoms with Crippen molar-refractivity contribution in [3.05, 3.63) is 90.5 Å². The van der Waals surface area contributed by atoms with E-state index < -0.39 is 0 Å². The second kappa shape index (κ2) is 7.65. The zero-order chi connectivity index (χ0) is 19.5. The Morgan fingerprint density at radius 2 is 1.36 bits per heavy atom. The Bertz CT molecular complexity index is 1100. The van der Waals surface area contributed by atoms with Crippen LogP contribution in [0.2, 0.25) is 0 Å². The van der Waals surface area contributed by atoms with Crippen molar-refractivity contribution in [2.24, 2.45) is 0 Å². The fourth-order valence-electron chi connectivity index (χ4n) is 3.41. The molecule has 0 saturated heterocycles. The first-order chi connectivity index (χ1) is 13.7. The molecule has 140 valence electrons. The first-order valence-corrected chi connectivity index (χ1v) is 9.27. The molecule has 4 aromatic carbocycles. The zero-order valence-corrected chi connectivity index (χ0v) is 16.3. The molecule has 0 radical (unpaired) electrons. The van der Waals surface area contributed by atoms with Crippen LogP contribution < -0.4 is 14.4 Å². The van der Waals surface area contributed by atoms with Gasteiger partial charge < -0.3 is 14.4 Å². The van der Waals surface area contributed by atoms with E-state index in [0.29, 0.717) is 0 Å². The molecule has 0 N–H and O–H groups in total. The molecular formula is C25H23NO2. The molecule has 0 atom stereocenters. The second-order valence-electron chi connectivity index (χ2n) is 6.74. The van der Waals surface area contributed by atoms with Gasteiger partial charge in [-0.3, -0.25) is 0 Å². The van der Waals surface area contributed by atoms with Gasteiger partial charge in [-0.05, 0) is 54.1 Å². The van der Waals surface area contributed by atoms with Crippen molar-refractivity contribution in [1.29, 1.82) is 0 Å². The molecule has 0 bridgehead atoms. The number of hydrogen-bond donors (Lipinski definition) is 0. The molecular weight excluding hydrogens is 346 g/mol. The number of benzene rings is 4. The highest BCUT2D eigenvalue weighted by molar-refractivity contribution is 5.90. The third-order valence-corrected chi connectivity index (χ3v) is 4.91. The van der Waals surface area contributed by atoms with E-state index in [4.69, 9.17) is 9.47 Å². The first-order valence-electron chi connectivity index (χ1n) is 9.27. The summed E-state index contributed by atoms with van der Waals surface area (Å²) in [4.78, 5) is 2.21. The Hall–Kier alpha value is -3.46. The summed E-state index contributed by atoms with van der Waals surface area (Å²) in [5.74, 6) is 1.52. The van der Waals surface area contributed by atoms with Crippen LogP contribution >= 0.6 is 0 Å². The van der Waals surface area contributed by atoms with Gasteiger partial charge in [-0.25, -0.2) is 0 Å². The van der Waals surface area contributed by atoms with Crippen molar-refractivity contribution >= 4 is 27.8 Å². The normalized spacial score (nSPS) is 10.7. The van der Waals surface area contributed by atoms with Gasteiger partial charge in [0, 0.05) is 17.4 Å². The van der Waals surface area contributed by atoms with E-state index in [1.807, 2.05) is 18.2 Å². The van der Waals surface area contributed by atoms with Gasteiger partial charge in [0.15, 0.2) is 0 Å². The fourth-order valence-corrected chi connectivity index (χ4v) is 3.41. The van der Waals surface area contributed by atoms with Crippen LogP contribution in [0.5, 0.6) is 11.5 Å². The van der Waals surface area contributed by atoms with E-state index in [-0.39, 0.29) is 0 Å². The summed E-state index contributed by atoms with van der Waals surface area (Å²) in [7, 11) is 3.35. The van der Waals surface area contributed by atoms with Gasteiger partial charge in [0.25, 0.3) is 0 Å². The van der Waals surface area contributed by atoms with Gasteiger partial charge in [-0.2, -0.15) is 0 Å². The van der Waals surface area contributed by atoms with Gasteiger partial charge >= 0.3 is 0 Å². The maximum atomic E-state index is 5.70. The molecule has 3 nitrogen and oxygen atoms in total. The minimum atomic E-state index is 0.757. The predicted octanol–water partition coefficient (Wildman–Crippen LogP) is 6.64. The number of fused-ring (bicyclic) bond motifs is 1. The van der Waals surface area contributed by atoms with E-state index in [9.17, 15) is 0 Å². The zero-order valence-electron chi connectivity index (χ0n) is 16.3. The molecule has 0 spiro atoms. The van der Waals surface area contributed by atoms with Crippen LogP contribution in [-0.4, -0.2) is 14.2 Å².